The molecule has 0 aromatic heterocycles. The molecule has 0 aromatic carbocycles. The molecule has 0 aliphatic carbocycles. The minimum atomic E-state index is -0.738. The highest BCUT2D eigenvalue weighted by atomic mass is 16.7. The lowest BCUT2D eigenvalue weighted by Crippen LogP contribution is -2.55. The molecule has 0 rings (SSSR count). The van der Waals surface area contributed by atoms with E-state index in [0.717, 1.165) is 12.8 Å². The van der Waals surface area contributed by atoms with Crippen molar-refractivity contribution in [3.63, 3.8) is 0 Å². The number of hydrogen-bond donors (Lipinski definition) is 2. The lowest BCUT2D eigenvalue weighted by molar-refractivity contribution is -0.144. The zero-order chi connectivity index (χ0) is 15.8. The van der Waals surface area contributed by atoms with Crippen LogP contribution in [0.15, 0.2) is 0 Å². The van der Waals surface area contributed by atoms with E-state index in [0.29, 0.717) is 13.1 Å². The summed E-state index contributed by atoms with van der Waals surface area (Å²) in [4.78, 5) is 13.6. The lowest BCUT2D eigenvalue weighted by atomic mass is 10.2. The molecule has 0 aliphatic rings. The Bertz CT molecular complexity index is 277. The zero-order valence-corrected chi connectivity index (χ0v) is 13.2. The first-order chi connectivity index (χ1) is 9.26. The van der Waals surface area contributed by atoms with Crippen LogP contribution in [0.1, 0.15) is 33.6 Å². The maximum Gasteiger partial charge on any atom is 0.411 e. The van der Waals surface area contributed by atoms with Gasteiger partial charge in [0.2, 0.25) is 0 Å². The van der Waals surface area contributed by atoms with Crippen molar-refractivity contribution in [2.24, 2.45) is 11.5 Å². The Hall–Kier alpha value is -0.890. The predicted molar refractivity (Wildman–Crippen MR) is 77.0 cm³/mol. The van der Waals surface area contributed by atoms with Gasteiger partial charge in [0.25, 0.3) is 0 Å². The zero-order valence-electron chi connectivity index (χ0n) is 13.2. The molecule has 20 heavy (non-hydrogen) atoms. The van der Waals surface area contributed by atoms with Gasteiger partial charge in [-0.25, -0.2) is 4.79 Å². The molecule has 0 aromatic rings. The van der Waals surface area contributed by atoms with E-state index in [9.17, 15) is 4.79 Å². The van der Waals surface area contributed by atoms with Crippen molar-refractivity contribution in [1.29, 1.82) is 0 Å². The molecule has 0 bridgehead atoms. The van der Waals surface area contributed by atoms with Gasteiger partial charge in [-0.2, -0.15) is 0 Å². The Morgan fingerprint density at radius 1 is 1.20 bits per heavy atom. The van der Waals surface area contributed by atoms with Crippen LogP contribution in [0, 0.1) is 0 Å². The molecule has 1 unspecified atom stereocenters. The van der Waals surface area contributed by atoms with Gasteiger partial charge in [0.1, 0.15) is 11.8 Å². The summed E-state index contributed by atoms with van der Waals surface area (Å²) in [6.07, 6.45) is -0.389. The summed E-state index contributed by atoms with van der Waals surface area (Å²) in [5.74, 6) is 0. The Morgan fingerprint density at radius 3 is 2.15 bits per heavy atom. The van der Waals surface area contributed by atoms with Crippen LogP contribution in [0.3, 0.4) is 0 Å². The molecule has 1 amide bonds. The molecule has 4 N–H and O–H groups in total. The van der Waals surface area contributed by atoms with Crippen LogP contribution >= 0.6 is 0 Å². The molecule has 7 nitrogen and oxygen atoms in total. The summed E-state index contributed by atoms with van der Waals surface area (Å²) in [6.45, 7) is 6.42. The first-order valence-electron chi connectivity index (χ1n) is 6.77. The number of methoxy groups -OCH3 is 2. The largest absolute Gasteiger partial charge is 0.444 e. The summed E-state index contributed by atoms with van der Waals surface area (Å²) < 4.78 is 15.6. The van der Waals surface area contributed by atoms with Crippen molar-refractivity contribution >= 4 is 6.09 Å². The molecule has 0 aliphatic heterocycles. The number of hydrogen-bond acceptors (Lipinski definition) is 6. The van der Waals surface area contributed by atoms with E-state index in [-0.39, 0.29) is 0 Å². The fraction of sp³-hybridized carbons (Fsp3) is 0.923. The van der Waals surface area contributed by atoms with Crippen LogP contribution in [0.25, 0.3) is 0 Å². The second-order valence-electron chi connectivity index (χ2n) is 5.50. The topological polar surface area (TPSA) is 100 Å². The Labute approximate surface area is 121 Å². The molecule has 7 heteroatoms. The number of nitrogens with two attached hydrogens (primary N) is 2. The Morgan fingerprint density at radius 2 is 1.75 bits per heavy atom. The molecule has 0 saturated heterocycles. The van der Waals surface area contributed by atoms with Crippen molar-refractivity contribution in [2.75, 3.05) is 27.3 Å². The van der Waals surface area contributed by atoms with Gasteiger partial charge in [-0.15, -0.1) is 0 Å². The molecule has 0 saturated carbocycles. The second kappa shape index (κ2) is 9.12. The number of carbonyl (C=O) groups excluding carboxylic acids is 1. The van der Waals surface area contributed by atoms with Gasteiger partial charge in [0.15, 0.2) is 6.29 Å². The van der Waals surface area contributed by atoms with Gasteiger partial charge in [-0.3, -0.25) is 4.90 Å². The normalized spacial score (nSPS) is 13.4. The number of nitrogens with zero attached hydrogens (tertiary/aromatic N) is 1. The van der Waals surface area contributed by atoms with E-state index in [2.05, 4.69) is 0 Å². The highest BCUT2D eigenvalue weighted by Gasteiger charge is 2.31. The minimum absolute atomic E-state index is 0.441. The Kier molecular flexibility index (Phi) is 8.71. The third-order valence-electron chi connectivity index (χ3n) is 2.58. The Balaban J connectivity index is 4.82. The molecular weight excluding hydrogens is 262 g/mol. The van der Waals surface area contributed by atoms with E-state index in [1.165, 1.54) is 19.1 Å². The quantitative estimate of drug-likeness (QED) is 0.508. The van der Waals surface area contributed by atoms with Crippen molar-refractivity contribution in [2.45, 2.75) is 51.7 Å². The first kappa shape index (κ1) is 19.1. The molecule has 0 radical (unpaired) electrons. The fourth-order valence-corrected chi connectivity index (χ4v) is 1.63. The number of rotatable bonds is 8. The third-order valence-corrected chi connectivity index (χ3v) is 2.58. The van der Waals surface area contributed by atoms with Crippen molar-refractivity contribution in [1.82, 2.24) is 4.90 Å². The SMILES string of the molecule is COC(OC)C(N)N(CCCCN)C(=O)OC(C)(C)C. The monoisotopic (exact) mass is 291 g/mol. The molecule has 0 fully saturated rings. The van der Waals surface area contributed by atoms with Gasteiger partial charge >= 0.3 is 6.09 Å². The maximum absolute atomic E-state index is 12.2. The molecule has 0 heterocycles. The average molecular weight is 291 g/mol. The van der Waals surface area contributed by atoms with E-state index in [4.69, 9.17) is 25.7 Å². The van der Waals surface area contributed by atoms with Gasteiger partial charge in [0.05, 0.1) is 0 Å². The number of carbonyl (C=O) groups is 1. The van der Waals surface area contributed by atoms with Crippen molar-refractivity contribution < 1.29 is 19.0 Å². The van der Waals surface area contributed by atoms with E-state index in [1.807, 2.05) is 0 Å². The lowest BCUT2D eigenvalue weighted by Gasteiger charge is -2.34. The molecule has 120 valence electrons. The molecule has 0 spiro atoms. The number of unbranched alkanes of at least 4 members (excludes halogenated alkanes) is 1. The summed E-state index contributed by atoms with van der Waals surface area (Å²) in [5, 5.41) is 0. The summed E-state index contributed by atoms with van der Waals surface area (Å²) in [7, 11) is 2.95. The first-order valence-corrected chi connectivity index (χ1v) is 6.77. The number of amides is 1. The summed E-state index contributed by atoms with van der Waals surface area (Å²) in [5.41, 5.74) is 10.9. The van der Waals surface area contributed by atoms with Gasteiger partial charge in [-0.05, 0) is 40.2 Å². The van der Waals surface area contributed by atoms with Crippen LogP contribution < -0.4 is 11.5 Å². The molecular formula is C13H29N3O4. The summed E-state index contributed by atoms with van der Waals surface area (Å²) >= 11 is 0. The van der Waals surface area contributed by atoms with Crippen molar-refractivity contribution in [3.05, 3.63) is 0 Å². The maximum atomic E-state index is 12.2. The highest BCUT2D eigenvalue weighted by molar-refractivity contribution is 5.68. The van der Waals surface area contributed by atoms with E-state index < -0.39 is 24.2 Å². The van der Waals surface area contributed by atoms with E-state index >= 15 is 0 Å². The minimum Gasteiger partial charge on any atom is -0.444 e. The van der Waals surface area contributed by atoms with Crippen LogP contribution in [-0.2, 0) is 14.2 Å². The van der Waals surface area contributed by atoms with Crippen LogP contribution in [-0.4, -0.2) is 56.4 Å². The third kappa shape index (κ3) is 7.04. The van der Waals surface area contributed by atoms with Crippen LogP contribution in [0.4, 0.5) is 4.79 Å². The molecule has 1 atom stereocenters. The van der Waals surface area contributed by atoms with Gasteiger partial charge in [-0.1, -0.05) is 0 Å². The van der Waals surface area contributed by atoms with Crippen LogP contribution in [0.2, 0.25) is 0 Å². The average Bonchev–Trinajstić information content (AvgIpc) is 2.33. The number of ether oxygens (including phenoxy) is 3. The highest BCUT2D eigenvalue weighted by Crippen LogP contribution is 2.14. The second-order valence-corrected chi connectivity index (χ2v) is 5.50. The van der Waals surface area contributed by atoms with Crippen molar-refractivity contribution in [3.8, 4) is 0 Å². The van der Waals surface area contributed by atoms with Crippen LogP contribution in [0.5, 0.6) is 0 Å². The van der Waals surface area contributed by atoms with Gasteiger partial charge < -0.3 is 25.7 Å². The fourth-order valence-electron chi connectivity index (χ4n) is 1.63. The predicted octanol–water partition coefficient (Wildman–Crippen LogP) is 0.866. The van der Waals surface area contributed by atoms with Gasteiger partial charge in [0, 0.05) is 20.8 Å². The van der Waals surface area contributed by atoms with E-state index in [1.54, 1.807) is 20.8 Å². The summed E-state index contributed by atoms with van der Waals surface area (Å²) in [6, 6.07) is 0. The smallest absolute Gasteiger partial charge is 0.411 e. The standard InChI is InChI=1S/C13H29N3O4/c1-13(2,3)20-12(17)16(9-7-6-8-14)10(15)11(18-4)19-5/h10-11H,6-9,14-15H2,1-5H3.